The minimum atomic E-state index is -0.354. The van der Waals surface area contributed by atoms with E-state index in [0.29, 0.717) is 30.4 Å². The smallest absolute Gasteiger partial charge is 0.328 e. The summed E-state index contributed by atoms with van der Waals surface area (Å²) in [6.45, 7) is 10.6. The van der Waals surface area contributed by atoms with E-state index in [2.05, 4.69) is 25.8 Å². The standard InChI is InChI=1S/C18H25N7O2/c1-6-24-14-8-10(3)13(9-15(14)25(7-2)18(24)27)21-17(26)19-11(4)16-20-12(5)22-23-16/h8-9,11H,6-7H2,1-5H3,(H2,19,21,26)(H,20,22,23)/t11-/m0/s1. The van der Waals surface area contributed by atoms with Gasteiger partial charge in [0.25, 0.3) is 0 Å². The highest BCUT2D eigenvalue weighted by Gasteiger charge is 2.17. The van der Waals surface area contributed by atoms with Gasteiger partial charge in [-0.25, -0.2) is 14.6 Å². The first-order chi connectivity index (χ1) is 12.8. The topological polar surface area (TPSA) is 110 Å². The predicted molar refractivity (Wildman–Crippen MR) is 104 cm³/mol. The van der Waals surface area contributed by atoms with Gasteiger partial charge in [-0.1, -0.05) is 0 Å². The van der Waals surface area contributed by atoms with Gasteiger partial charge in [0.2, 0.25) is 0 Å². The lowest BCUT2D eigenvalue weighted by Crippen LogP contribution is -2.32. The zero-order valence-corrected chi connectivity index (χ0v) is 16.3. The highest BCUT2D eigenvalue weighted by molar-refractivity contribution is 5.93. The monoisotopic (exact) mass is 371 g/mol. The Morgan fingerprint density at radius 2 is 1.81 bits per heavy atom. The third kappa shape index (κ3) is 3.44. The highest BCUT2D eigenvalue weighted by Crippen LogP contribution is 2.23. The van der Waals surface area contributed by atoms with E-state index in [1.807, 2.05) is 39.8 Å². The summed E-state index contributed by atoms with van der Waals surface area (Å²) in [4.78, 5) is 29.1. The van der Waals surface area contributed by atoms with Crippen molar-refractivity contribution >= 4 is 22.8 Å². The Kier molecular flexibility index (Phi) is 5.02. The van der Waals surface area contributed by atoms with Gasteiger partial charge in [-0.05, 0) is 52.3 Å². The minimum Gasteiger partial charge on any atom is -0.328 e. The van der Waals surface area contributed by atoms with E-state index >= 15 is 0 Å². The number of imidazole rings is 1. The van der Waals surface area contributed by atoms with Crippen molar-refractivity contribution in [2.24, 2.45) is 0 Å². The Bertz CT molecular complexity index is 1040. The molecule has 0 saturated heterocycles. The number of carbonyl (C=O) groups is 1. The number of hydrogen-bond donors (Lipinski definition) is 3. The number of anilines is 1. The molecular formula is C18H25N7O2. The van der Waals surface area contributed by atoms with Crippen LogP contribution in [0.15, 0.2) is 16.9 Å². The summed E-state index contributed by atoms with van der Waals surface area (Å²) in [7, 11) is 0. The first kappa shape index (κ1) is 18.7. The molecule has 9 nitrogen and oxygen atoms in total. The molecule has 2 amide bonds. The van der Waals surface area contributed by atoms with E-state index < -0.39 is 0 Å². The number of fused-ring (bicyclic) bond motifs is 1. The zero-order valence-electron chi connectivity index (χ0n) is 16.3. The van der Waals surface area contributed by atoms with Gasteiger partial charge in [-0.3, -0.25) is 14.2 Å². The molecule has 0 aliphatic heterocycles. The summed E-state index contributed by atoms with van der Waals surface area (Å²) >= 11 is 0. The van der Waals surface area contributed by atoms with Crippen LogP contribution in [0, 0.1) is 13.8 Å². The van der Waals surface area contributed by atoms with Crippen molar-refractivity contribution < 1.29 is 4.79 Å². The molecule has 27 heavy (non-hydrogen) atoms. The molecule has 144 valence electrons. The number of benzene rings is 1. The maximum atomic E-state index is 12.5. The summed E-state index contributed by atoms with van der Waals surface area (Å²) in [6, 6.07) is 3.09. The van der Waals surface area contributed by atoms with E-state index in [0.717, 1.165) is 16.6 Å². The molecule has 3 rings (SSSR count). The SMILES string of the molecule is CCn1c(=O)n(CC)c2cc(NC(=O)N[C@@H](C)c3n[nH]c(C)n3)c(C)cc21. The van der Waals surface area contributed by atoms with Crippen LogP contribution in [0.1, 0.15) is 44.0 Å². The molecule has 0 fully saturated rings. The lowest BCUT2D eigenvalue weighted by atomic mass is 10.1. The number of nitrogens with one attached hydrogen (secondary N) is 3. The number of nitrogens with zero attached hydrogens (tertiary/aromatic N) is 4. The van der Waals surface area contributed by atoms with Gasteiger partial charge in [-0.2, -0.15) is 5.10 Å². The second-order valence-electron chi connectivity index (χ2n) is 6.53. The molecular weight excluding hydrogens is 346 g/mol. The Labute approximate surface area is 156 Å². The van der Waals surface area contributed by atoms with Crippen molar-refractivity contribution in [3.8, 4) is 0 Å². The molecule has 3 N–H and O–H groups in total. The van der Waals surface area contributed by atoms with Crippen LogP contribution in [0.5, 0.6) is 0 Å². The van der Waals surface area contributed by atoms with Crippen LogP contribution in [0.2, 0.25) is 0 Å². The second kappa shape index (κ2) is 7.26. The summed E-state index contributed by atoms with van der Waals surface area (Å²) in [5, 5.41) is 12.5. The molecule has 0 radical (unpaired) electrons. The molecule has 1 atom stereocenters. The Morgan fingerprint density at radius 1 is 1.19 bits per heavy atom. The molecule has 2 heterocycles. The van der Waals surface area contributed by atoms with E-state index in [1.54, 1.807) is 16.1 Å². The maximum Gasteiger partial charge on any atom is 0.329 e. The van der Waals surface area contributed by atoms with Crippen molar-refractivity contribution in [2.45, 2.75) is 53.8 Å². The second-order valence-corrected chi connectivity index (χ2v) is 6.53. The molecule has 0 aliphatic carbocycles. The average Bonchev–Trinajstić information content (AvgIpc) is 3.15. The number of aryl methyl sites for hydroxylation is 4. The van der Waals surface area contributed by atoms with Crippen molar-refractivity contribution in [3.05, 3.63) is 39.8 Å². The van der Waals surface area contributed by atoms with Crippen molar-refractivity contribution in [2.75, 3.05) is 5.32 Å². The number of carbonyl (C=O) groups excluding carboxylic acids is 1. The van der Waals surface area contributed by atoms with Crippen LogP contribution in [0.4, 0.5) is 10.5 Å². The van der Waals surface area contributed by atoms with Crippen LogP contribution in [0.25, 0.3) is 11.0 Å². The number of rotatable bonds is 5. The number of H-pyrrole nitrogens is 1. The number of amides is 2. The van der Waals surface area contributed by atoms with Crippen LogP contribution in [-0.2, 0) is 13.1 Å². The quantitative estimate of drug-likeness (QED) is 0.640. The van der Waals surface area contributed by atoms with Gasteiger partial charge < -0.3 is 10.6 Å². The van der Waals surface area contributed by atoms with Gasteiger partial charge >= 0.3 is 11.7 Å². The van der Waals surface area contributed by atoms with Gasteiger partial charge in [0.1, 0.15) is 5.82 Å². The number of urea groups is 1. The van der Waals surface area contributed by atoms with E-state index in [9.17, 15) is 9.59 Å². The molecule has 0 saturated carbocycles. The average molecular weight is 371 g/mol. The van der Waals surface area contributed by atoms with Gasteiger partial charge in [0.05, 0.1) is 17.1 Å². The Balaban J connectivity index is 1.87. The zero-order chi connectivity index (χ0) is 19.7. The molecule has 1 aromatic carbocycles. The normalized spacial score (nSPS) is 12.3. The van der Waals surface area contributed by atoms with Gasteiger partial charge in [0.15, 0.2) is 5.82 Å². The number of aromatic amines is 1. The Morgan fingerprint density at radius 3 is 2.37 bits per heavy atom. The molecule has 2 aromatic heterocycles. The van der Waals surface area contributed by atoms with Gasteiger partial charge in [-0.15, -0.1) is 0 Å². The van der Waals surface area contributed by atoms with Gasteiger partial charge in [0, 0.05) is 18.8 Å². The Hall–Kier alpha value is -3.10. The molecule has 0 unspecified atom stereocenters. The summed E-state index contributed by atoms with van der Waals surface area (Å²) in [5.74, 6) is 1.22. The molecule has 0 spiro atoms. The van der Waals surface area contributed by atoms with Crippen molar-refractivity contribution in [1.82, 2.24) is 29.6 Å². The van der Waals surface area contributed by atoms with Crippen molar-refractivity contribution in [3.63, 3.8) is 0 Å². The van der Waals surface area contributed by atoms with Crippen LogP contribution in [-0.4, -0.2) is 30.3 Å². The fourth-order valence-electron chi connectivity index (χ4n) is 3.18. The highest BCUT2D eigenvalue weighted by atomic mass is 16.2. The first-order valence-corrected chi connectivity index (χ1v) is 9.05. The molecule has 9 heteroatoms. The largest absolute Gasteiger partial charge is 0.329 e. The van der Waals surface area contributed by atoms with Crippen LogP contribution in [0.3, 0.4) is 0 Å². The summed E-state index contributed by atoms with van der Waals surface area (Å²) < 4.78 is 3.45. The first-order valence-electron chi connectivity index (χ1n) is 9.05. The van der Waals surface area contributed by atoms with E-state index in [1.165, 1.54) is 0 Å². The fourth-order valence-corrected chi connectivity index (χ4v) is 3.18. The third-order valence-electron chi connectivity index (χ3n) is 4.60. The van der Waals surface area contributed by atoms with Crippen LogP contribution < -0.4 is 16.3 Å². The molecule has 0 aliphatic rings. The van der Waals surface area contributed by atoms with Crippen LogP contribution >= 0.6 is 0 Å². The fraction of sp³-hybridized carbons (Fsp3) is 0.444. The predicted octanol–water partition coefficient (Wildman–Crippen LogP) is 2.46. The molecule has 0 bridgehead atoms. The van der Waals surface area contributed by atoms with E-state index in [-0.39, 0.29) is 17.8 Å². The third-order valence-corrected chi connectivity index (χ3v) is 4.60. The lowest BCUT2D eigenvalue weighted by molar-refractivity contribution is 0.249. The molecule has 3 aromatic rings. The summed E-state index contributed by atoms with van der Waals surface area (Å²) in [6.07, 6.45) is 0. The number of hydrogen-bond acceptors (Lipinski definition) is 4. The lowest BCUT2D eigenvalue weighted by Gasteiger charge is -2.14. The number of aromatic nitrogens is 5. The summed E-state index contributed by atoms with van der Waals surface area (Å²) in [5.41, 5.74) is 3.19. The van der Waals surface area contributed by atoms with E-state index in [4.69, 9.17) is 0 Å². The van der Waals surface area contributed by atoms with Crippen molar-refractivity contribution in [1.29, 1.82) is 0 Å². The maximum absolute atomic E-state index is 12.5. The minimum absolute atomic E-state index is 0.0374.